The third-order valence-corrected chi connectivity index (χ3v) is 0.934. The molecule has 0 aromatic carbocycles. The molecule has 5 heteroatoms. The van der Waals surface area contributed by atoms with Crippen molar-refractivity contribution in [1.29, 1.82) is 0 Å². The van der Waals surface area contributed by atoms with E-state index in [1.165, 1.54) is 12.5 Å². The molecule has 1 aromatic rings. The Morgan fingerprint density at radius 1 is 1.44 bits per heavy atom. The van der Waals surface area contributed by atoms with Crippen molar-refractivity contribution in [3.05, 3.63) is 12.5 Å². The summed E-state index contributed by atoms with van der Waals surface area (Å²) < 4.78 is 0. The largest absolute Gasteiger partial charge is 0.366 e. The fraction of sp³-hybridized carbons (Fsp3) is 0. The molecule has 1 N–H and O–H groups in total. The van der Waals surface area contributed by atoms with Crippen LogP contribution in [0, 0.1) is 0 Å². The number of nitrogens with one attached hydrogen (secondary N) is 1. The average Bonchev–Trinajstić information content (AvgIpc) is 2.33. The Kier molecular flexibility index (Phi) is 0.782. The van der Waals surface area contributed by atoms with Crippen LogP contribution < -0.4 is 15.3 Å². The molecule has 0 saturated carbocycles. The quantitative estimate of drug-likeness (QED) is 0.514. The molecule has 1 aliphatic rings. The van der Waals surface area contributed by atoms with Crippen LogP contribution in [-0.2, 0) is 0 Å². The molecule has 0 bridgehead atoms. The van der Waals surface area contributed by atoms with E-state index >= 15 is 0 Å². The summed E-state index contributed by atoms with van der Waals surface area (Å²) >= 11 is 0. The highest BCUT2D eigenvalue weighted by molar-refractivity contribution is 5.30. The van der Waals surface area contributed by atoms with Crippen LogP contribution in [0.3, 0.4) is 0 Å². The average molecular weight is 125 g/mol. The fourth-order valence-corrected chi connectivity index (χ4v) is 0.557. The van der Waals surface area contributed by atoms with E-state index in [4.69, 9.17) is 4.84 Å². The Bertz CT molecular complexity index is 204. The van der Waals surface area contributed by atoms with E-state index in [-0.39, 0.29) is 0 Å². The molecule has 46 valence electrons. The number of hydrogen-bond donors (Lipinski definition) is 1. The van der Waals surface area contributed by atoms with Crippen LogP contribution in [0.2, 0.25) is 0 Å². The topological polar surface area (TPSA) is 56.3 Å². The van der Waals surface area contributed by atoms with E-state index in [1.807, 2.05) is 0 Å². The summed E-state index contributed by atoms with van der Waals surface area (Å²) in [5.74, 6) is 0.933. The predicted molar refractivity (Wildman–Crippen MR) is 26.4 cm³/mol. The number of aromatic nitrogens is 2. The predicted octanol–water partition coefficient (Wildman–Crippen LogP) is -0.333. The minimum Gasteiger partial charge on any atom is -0.366 e. The molecular formula is C4H3N3O2. The van der Waals surface area contributed by atoms with Gasteiger partial charge in [0.1, 0.15) is 6.33 Å². The van der Waals surface area contributed by atoms with E-state index < -0.39 is 0 Å². The molecule has 0 aliphatic carbocycles. The molecule has 0 fully saturated rings. The summed E-state index contributed by atoms with van der Waals surface area (Å²) in [5.41, 5.74) is 2.19. The van der Waals surface area contributed by atoms with Crippen LogP contribution in [-0.4, -0.2) is 9.97 Å². The van der Waals surface area contributed by atoms with Gasteiger partial charge in [0.25, 0.3) is 5.88 Å². The highest BCUT2D eigenvalue weighted by Crippen LogP contribution is 2.23. The van der Waals surface area contributed by atoms with Gasteiger partial charge >= 0.3 is 0 Å². The SMILES string of the molecule is c1ncc2c(n1)ONO2. The van der Waals surface area contributed by atoms with E-state index in [0.29, 0.717) is 11.6 Å². The summed E-state index contributed by atoms with van der Waals surface area (Å²) in [6.45, 7) is 0. The maximum atomic E-state index is 4.70. The molecule has 0 unspecified atom stereocenters. The molecule has 0 amide bonds. The molecule has 0 atom stereocenters. The van der Waals surface area contributed by atoms with Crippen molar-refractivity contribution in [1.82, 2.24) is 15.6 Å². The summed E-state index contributed by atoms with van der Waals surface area (Å²) in [6, 6.07) is 0. The van der Waals surface area contributed by atoms with Gasteiger partial charge in [0.2, 0.25) is 5.75 Å². The first-order chi connectivity index (χ1) is 4.47. The Morgan fingerprint density at radius 2 is 2.44 bits per heavy atom. The van der Waals surface area contributed by atoms with Gasteiger partial charge in [-0.25, -0.2) is 4.98 Å². The van der Waals surface area contributed by atoms with Gasteiger partial charge in [-0.1, -0.05) is 0 Å². The molecule has 0 spiro atoms. The highest BCUT2D eigenvalue weighted by Gasteiger charge is 2.13. The molecule has 2 heterocycles. The van der Waals surface area contributed by atoms with Gasteiger partial charge in [-0.05, 0) is 0 Å². The van der Waals surface area contributed by atoms with Crippen molar-refractivity contribution in [3.8, 4) is 11.6 Å². The second-order valence-corrected chi connectivity index (χ2v) is 1.48. The van der Waals surface area contributed by atoms with Crippen molar-refractivity contribution in [2.75, 3.05) is 0 Å². The van der Waals surface area contributed by atoms with Crippen LogP contribution in [0.1, 0.15) is 0 Å². The Labute approximate surface area is 50.5 Å². The van der Waals surface area contributed by atoms with E-state index in [1.54, 1.807) is 0 Å². The monoisotopic (exact) mass is 125 g/mol. The van der Waals surface area contributed by atoms with Gasteiger partial charge in [0.05, 0.1) is 6.20 Å². The van der Waals surface area contributed by atoms with Gasteiger partial charge in [-0.15, -0.1) is 0 Å². The number of rotatable bonds is 0. The second kappa shape index (κ2) is 1.56. The third kappa shape index (κ3) is 0.584. The zero-order valence-corrected chi connectivity index (χ0v) is 4.37. The van der Waals surface area contributed by atoms with E-state index in [2.05, 4.69) is 20.4 Å². The van der Waals surface area contributed by atoms with Crippen LogP contribution in [0.15, 0.2) is 12.5 Å². The summed E-state index contributed by atoms with van der Waals surface area (Å²) in [4.78, 5) is 16.8. The lowest BCUT2D eigenvalue weighted by molar-refractivity contribution is 0.0238. The van der Waals surface area contributed by atoms with Gasteiger partial charge in [0, 0.05) is 5.64 Å². The first-order valence-electron chi connectivity index (χ1n) is 2.35. The fourth-order valence-electron chi connectivity index (χ4n) is 0.557. The number of hydrogen-bond acceptors (Lipinski definition) is 5. The maximum absolute atomic E-state index is 4.70. The van der Waals surface area contributed by atoms with Crippen LogP contribution in [0.4, 0.5) is 0 Å². The zero-order chi connectivity index (χ0) is 6.10. The minimum atomic E-state index is 0.421. The van der Waals surface area contributed by atoms with Crippen molar-refractivity contribution in [2.24, 2.45) is 0 Å². The number of nitrogens with zero attached hydrogens (tertiary/aromatic N) is 2. The standard InChI is InChI=1S/C4H3N3O2/c1-3-4(6-2-5-1)9-7-8-3/h1-2,7H. The van der Waals surface area contributed by atoms with E-state index in [0.717, 1.165) is 0 Å². The minimum absolute atomic E-state index is 0.421. The lowest BCUT2D eigenvalue weighted by Gasteiger charge is -1.84. The highest BCUT2D eigenvalue weighted by atomic mass is 16.9. The van der Waals surface area contributed by atoms with Crippen molar-refractivity contribution < 1.29 is 9.68 Å². The van der Waals surface area contributed by atoms with Crippen LogP contribution in [0.25, 0.3) is 0 Å². The normalized spacial score (nSPS) is 13.8. The first-order valence-corrected chi connectivity index (χ1v) is 2.35. The molecule has 1 aromatic heterocycles. The van der Waals surface area contributed by atoms with Gasteiger partial charge in [-0.3, -0.25) is 0 Å². The van der Waals surface area contributed by atoms with Gasteiger partial charge in [-0.2, -0.15) is 4.98 Å². The number of fused-ring (bicyclic) bond motifs is 1. The molecule has 1 aliphatic heterocycles. The Balaban J connectivity index is 2.54. The zero-order valence-electron chi connectivity index (χ0n) is 4.37. The Hall–Kier alpha value is -1.36. The van der Waals surface area contributed by atoms with Crippen LogP contribution in [0.5, 0.6) is 11.6 Å². The molecular weight excluding hydrogens is 122 g/mol. The molecule has 2 rings (SSSR count). The third-order valence-electron chi connectivity index (χ3n) is 0.934. The molecule has 0 radical (unpaired) electrons. The lowest BCUT2D eigenvalue weighted by atomic mass is 10.6. The molecule has 5 nitrogen and oxygen atoms in total. The molecule has 9 heavy (non-hydrogen) atoms. The summed E-state index contributed by atoms with van der Waals surface area (Å²) in [7, 11) is 0. The second-order valence-electron chi connectivity index (χ2n) is 1.48. The first kappa shape index (κ1) is 4.51. The summed E-state index contributed by atoms with van der Waals surface area (Å²) in [6.07, 6.45) is 2.90. The maximum Gasteiger partial charge on any atom is 0.290 e. The lowest BCUT2D eigenvalue weighted by Crippen LogP contribution is -2.14. The molecule has 0 saturated heterocycles. The van der Waals surface area contributed by atoms with Crippen molar-refractivity contribution in [2.45, 2.75) is 0 Å². The van der Waals surface area contributed by atoms with E-state index in [9.17, 15) is 0 Å². The smallest absolute Gasteiger partial charge is 0.290 e. The summed E-state index contributed by atoms with van der Waals surface area (Å²) in [5, 5.41) is 0. The van der Waals surface area contributed by atoms with Crippen molar-refractivity contribution >= 4 is 0 Å². The van der Waals surface area contributed by atoms with Gasteiger partial charge in [0.15, 0.2) is 0 Å². The Morgan fingerprint density at radius 3 is 3.33 bits per heavy atom. The van der Waals surface area contributed by atoms with Gasteiger partial charge < -0.3 is 9.68 Å². The van der Waals surface area contributed by atoms with Crippen LogP contribution >= 0.6 is 0 Å². The van der Waals surface area contributed by atoms with Crippen molar-refractivity contribution in [3.63, 3.8) is 0 Å².